The van der Waals surface area contributed by atoms with Crippen LogP contribution in [-0.2, 0) is 0 Å². The summed E-state index contributed by atoms with van der Waals surface area (Å²) in [5, 5.41) is 0.752. The summed E-state index contributed by atoms with van der Waals surface area (Å²) in [6.07, 6.45) is 4.12. The summed E-state index contributed by atoms with van der Waals surface area (Å²) in [6.45, 7) is 2.25. The molecule has 0 radical (unpaired) electrons. The van der Waals surface area contributed by atoms with E-state index in [1.165, 1.54) is 19.3 Å². The molecular formula is C14H17ClN2S. The number of thiocarbonyl (C=S) groups is 1. The second kappa shape index (κ2) is 4.71. The van der Waals surface area contributed by atoms with Crippen molar-refractivity contribution in [2.75, 3.05) is 18.0 Å². The van der Waals surface area contributed by atoms with E-state index < -0.39 is 0 Å². The molecule has 4 heteroatoms. The third-order valence-corrected chi connectivity index (χ3v) is 4.75. The molecule has 1 aliphatic carbocycles. The van der Waals surface area contributed by atoms with Gasteiger partial charge in [-0.2, -0.15) is 0 Å². The van der Waals surface area contributed by atoms with Crippen LogP contribution in [0, 0.1) is 11.8 Å². The zero-order valence-corrected chi connectivity index (χ0v) is 11.8. The Morgan fingerprint density at radius 1 is 1.28 bits per heavy atom. The molecule has 96 valence electrons. The van der Waals surface area contributed by atoms with E-state index in [0.717, 1.165) is 41.2 Å². The molecule has 2 aliphatic rings. The lowest BCUT2D eigenvalue weighted by molar-refractivity contribution is 0.494. The Balaban J connectivity index is 1.92. The van der Waals surface area contributed by atoms with Crippen LogP contribution in [0.15, 0.2) is 18.2 Å². The Kier molecular flexibility index (Phi) is 3.20. The van der Waals surface area contributed by atoms with E-state index in [1.807, 2.05) is 18.2 Å². The van der Waals surface area contributed by atoms with Crippen molar-refractivity contribution in [3.8, 4) is 0 Å². The van der Waals surface area contributed by atoms with Gasteiger partial charge in [0.15, 0.2) is 0 Å². The van der Waals surface area contributed by atoms with Crippen LogP contribution in [0.25, 0.3) is 0 Å². The quantitative estimate of drug-likeness (QED) is 0.844. The maximum atomic E-state index is 6.11. The smallest absolute Gasteiger partial charge is 0.106 e. The third-order valence-electron chi connectivity index (χ3n) is 4.29. The van der Waals surface area contributed by atoms with Gasteiger partial charge in [0.1, 0.15) is 4.99 Å². The van der Waals surface area contributed by atoms with E-state index in [0.29, 0.717) is 4.99 Å². The van der Waals surface area contributed by atoms with Crippen LogP contribution in [-0.4, -0.2) is 18.1 Å². The first kappa shape index (κ1) is 12.2. The second-order valence-corrected chi connectivity index (χ2v) is 6.26. The molecule has 1 aliphatic heterocycles. The zero-order valence-electron chi connectivity index (χ0n) is 10.2. The summed E-state index contributed by atoms with van der Waals surface area (Å²) in [5.74, 6) is 1.70. The molecule has 2 N–H and O–H groups in total. The molecule has 1 aromatic carbocycles. The number of fused-ring (bicyclic) bond motifs is 1. The molecule has 0 bridgehead atoms. The molecule has 0 amide bonds. The highest BCUT2D eigenvalue weighted by molar-refractivity contribution is 7.80. The molecule has 2 unspecified atom stereocenters. The van der Waals surface area contributed by atoms with Gasteiger partial charge in [-0.05, 0) is 42.9 Å². The fourth-order valence-corrected chi connectivity index (χ4v) is 3.75. The molecule has 1 saturated heterocycles. The van der Waals surface area contributed by atoms with Crippen molar-refractivity contribution < 1.29 is 0 Å². The predicted molar refractivity (Wildman–Crippen MR) is 80.4 cm³/mol. The number of nitrogens with two attached hydrogens (primary N) is 1. The summed E-state index contributed by atoms with van der Waals surface area (Å²) < 4.78 is 0. The summed E-state index contributed by atoms with van der Waals surface area (Å²) in [6, 6.07) is 5.79. The van der Waals surface area contributed by atoms with E-state index in [9.17, 15) is 0 Å². The second-order valence-electron chi connectivity index (χ2n) is 5.38. The molecule has 1 saturated carbocycles. The van der Waals surface area contributed by atoms with Gasteiger partial charge in [0.2, 0.25) is 0 Å². The van der Waals surface area contributed by atoms with Gasteiger partial charge in [-0.25, -0.2) is 0 Å². The van der Waals surface area contributed by atoms with E-state index in [-0.39, 0.29) is 0 Å². The monoisotopic (exact) mass is 280 g/mol. The minimum absolute atomic E-state index is 0.457. The average molecular weight is 281 g/mol. The fraction of sp³-hybridized carbons (Fsp3) is 0.500. The molecule has 1 aromatic rings. The highest BCUT2D eigenvalue weighted by Gasteiger charge is 2.36. The first-order valence-electron chi connectivity index (χ1n) is 6.49. The van der Waals surface area contributed by atoms with Crippen molar-refractivity contribution >= 4 is 34.5 Å². The van der Waals surface area contributed by atoms with E-state index in [2.05, 4.69) is 4.90 Å². The first-order valence-corrected chi connectivity index (χ1v) is 7.28. The number of halogens is 1. The normalized spacial score (nSPS) is 26.4. The van der Waals surface area contributed by atoms with Crippen LogP contribution in [0.1, 0.15) is 24.8 Å². The van der Waals surface area contributed by atoms with Crippen molar-refractivity contribution in [2.24, 2.45) is 17.6 Å². The average Bonchev–Trinajstić information content (AvgIpc) is 2.88. The Morgan fingerprint density at radius 3 is 2.56 bits per heavy atom. The van der Waals surface area contributed by atoms with Gasteiger partial charge in [0, 0.05) is 29.4 Å². The van der Waals surface area contributed by atoms with Gasteiger partial charge < -0.3 is 10.6 Å². The summed E-state index contributed by atoms with van der Waals surface area (Å²) in [7, 11) is 0. The first-order chi connectivity index (χ1) is 8.65. The third kappa shape index (κ3) is 2.10. The number of anilines is 1. The minimum Gasteiger partial charge on any atom is -0.389 e. The molecular weight excluding hydrogens is 264 g/mol. The number of rotatable bonds is 2. The Hall–Kier alpha value is -0.800. The van der Waals surface area contributed by atoms with Gasteiger partial charge in [-0.3, -0.25) is 0 Å². The highest BCUT2D eigenvalue weighted by Crippen LogP contribution is 2.40. The lowest BCUT2D eigenvalue weighted by Crippen LogP contribution is -2.24. The van der Waals surface area contributed by atoms with Gasteiger partial charge in [0.05, 0.1) is 0 Å². The van der Waals surface area contributed by atoms with E-state index >= 15 is 0 Å². The molecule has 0 aromatic heterocycles. The van der Waals surface area contributed by atoms with Crippen LogP contribution in [0.3, 0.4) is 0 Å². The van der Waals surface area contributed by atoms with Crippen LogP contribution < -0.4 is 10.6 Å². The number of hydrogen-bond donors (Lipinski definition) is 1. The number of hydrogen-bond acceptors (Lipinski definition) is 2. The standard InChI is InChI=1S/C14H17ClN2S/c15-11-4-5-12(14(16)18)13(6-11)17-7-9-2-1-3-10(9)8-17/h4-6,9-10H,1-3,7-8H2,(H2,16,18). The van der Waals surface area contributed by atoms with Crippen molar-refractivity contribution in [1.82, 2.24) is 0 Å². The van der Waals surface area contributed by atoms with E-state index in [1.54, 1.807) is 0 Å². The summed E-state index contributed by atoms with van der Waals surface area (Å²) in [5.41, 5.74) is 7.88. The molecule has 3 rings (SSSR count). The van der Waals surface area contributed by atoms with Gasteiger partial charge in [0.25, 0.3) is 0 Å². The number of benzene rings is 1. The zero-order chi connectivity index (χ0) is 12.7. The highest BCUT2D eigenvalue weighted by atomic mass is 35.5. The fourth-order valence-electron chi connectivity index (χ4n) is 3.41. The van der Waals surface area contributed by atoms with Gasteiger partial charge in [-0.15, -0.1) is 0 Å². The van der Waals surface area contributed by atoms with Crippen LogP contribution in [0.5, 0.6) is 0 Å². The largest absolute Gasteiger partial charge is 0.389 e. The predicted octanol–water partition coefficient (Wildman–Crippen LogP) is 3.21. The van der Waals surface area contributed by atoms with E-state index in [4.69, 9.17) is 29.6 Å². The van der Waals surface area contributed by atoms with Gasteiger partial charge in [-0.1, -0.05) is 30.2 Å². The van der Waals surface area contributed by atoms with Crippen molar-refractivity contribution in [3.05, 3.63) is 28.8 Å². The SMILES string of the molecule is NC(=S)c1ccc(Cl)cc1N1CC2CCCC2C1. The van der Waals surface area contributed by atoms with Crippen molar-refractivity contribution in [1.29, 1.82) is 0 Å². The molecule has 18 heavy (non-hydrogen) atoms. The van der Waals surface area contributed by atoms with Crippen LogP contribution in [0.4, 0.5) is 5.69 Å². The van der Waals surface area contributed by atoms with Crippen LogP contribution in [0.2, 0.25) is 5.02 Å². The molecule has 1 heterocycles. The molecule has 2 fully saturated rings. The lowest BCUT2D eigenvalue weighted by Gasteiger charge is -2.22. The molecule has 0 spiro atoms. The van der Waals surface area contributed by atoms with Gasteiger partial charge >= 0.3 is 0 Å². The molecule has 2 nitrogen and oxygen atoms in total. The minimum atomic E-state index is 0.457. The Morgan fingerprint density at radius 2 is 1.94 bits per heavy atom. The molecule has 2 atom stereocenters. The summed E-state index contributed by atoms with van der Waals surface area (Å²) >= 11 is 11.2. The lowest BCUT2D eigenvalue weighted by atomic mass is 10.0. The Labute approximate surface area is 118 Å². The number of nitrogens with zero attached hydrogens (tertiary/aromatic N) is 1. The maximum Gasteiger partial charge on any atom is 0.106 e. The van der Waals surface area contributed by atoms with Crippen molar-refractivity contribution in [3.63, 3.8) is 0 Å². The van der Waals surface area contributed by atoms with Crippen molar-refractivity contribution in [2.45, 2.75) is 19.3 Å². The topological polar surface area (TPSA) is 29.3 Å². The van der Waals surface area contributed by atoms with Crippen LogP contribution >= 0.6 is 23.8 Å². The Bertz CT molecular complexity index is 477. The maximum absolute atomic E-state index is 6.11. The summed E-state index contributed by atoms with van der Waals surface area (Å²) in [4.78, 5) is 2.87.